The van der Waals surface area contributed by atoms with Crippen LogP contribution in [0, 0.1) is 5.92 Å². The molecule has 0 unspecified atom stereocenters. The maximum absolute atomic E-state index is 10.1. The van der Waals surface area contributed by atoms with Crippen LogP contribution < -0.4 is 5.73 Å². The van der Waals surface area contributed by atoms with Crippen LogP contribution in [0.1, 0.15) is 0 Å². The zero-order valence-electron chi connectivity index (χ0n) is 5.40. The minimum Gasteiger partial charge on any atom is -0.480 e. The van der Waals surface area contributed by atoms with Gasteiger partial charge in [-0.25, -0.2) is 0 Å². The summed E-state index contributed by atoms with van der Waals surface area (Å²) in [6, 6.07) is -1.19. The fourth-order valence-corrected chi connectivity index (χ4v) is 0.486. The van der Waals surface area contributed by atoms with E-state index in [1.54, 1.807) is 0 Å². The third-order valence-corrected chi connectivity index (χ3v) is 1.26. The Hall–Kier alpha value is -0.650. The molecule has 0 aliphatic rings. The van der Waals surface area contributed by atoms with Crippen molar-refractivity contribution in [2.75, 3.05) is 13.2 Å². The fourth-order valence-electron chi connectivity index (χ4n) is 0.486. The van der Waals surface area contributed by atoms with Crippen LogP contribution in [0.25, 0.3) is 0 Å². The molecule has 0 aromatic heterocycles. The molecule has 0 spiro atoms. The van der Waals surface area contributed by atoms with Crippen LogP contribution in [-0.2, 0) is 4.79 Å². The molecule has 0 fully saturated rings. The molecule has 5 nitrogen and oxygen atoms in total. The van der Waals surface area contributed by atoms with E-state index in [1.165, 1.54) is 0 Å². The number of aliphatic hydroxyl groups excluding tert-OH is 2. The van der Waals surface area contributed by atoms with Gasteiger partial charge in [0.05, 0.1) is 13.2 Å². The van der Waals surface area contributed by atoms with Gasteiger partial charge in [-0.1, -0.05) is 0 Å². The zero-order chi connectivity index (χ0) is 8.15. The first kappa shape index (κ1) is 9.35. The second kappa shape index (κ2) is 4.21. The van der Waals surface area contributed by atoms with E-state index in [9.17, 15) is 4.79 Å². The second-order valence-corrected chi connectivity index (χ2v) is 1.99. The molecule has 0 heterocycles. The van der Waals surface area contributed by atoms with E-state index >= 15 is 0 Å². The monoisotopic (exact) mass is 149 g/mol. The Balaban J connectivity index is 3.88. The van der Waals surface area contributed by atoms with Crippen molar-refractivity contribution in [2.45, 2.75) is 6.04 Å². The number of nitrogens with two attached hydrogens (primary N) is 1. The first-order valence-electron chi connectivity index (χ1n) is 2.83. The van der Waals surface area contributed by atoms with Crippen LogP contribution >= 0.6 is 0 Å². The molecule has 0 aromatic carbocycles. The number of hydrogen-bond donors (Lipinski definition) is 4. The lowest BCUT2D eigenvalue weighted by Crippen LogP contribution is -2.41. The number of aliphatic hydroxyl groups is 2. The molecule has 0 amide bonds. The molecule has 10 heavy (non-hydrogen) atoms. The summed E-state index contributed by atoms with van der Waals surface area (Å²) in [6.45, 7) is -0.825. The normalized spacial score (nSPS) is 13.6. The Kier molecular flexibility index (Phi) is 3.94. The fraction of sp³-hybridized carbons (Fsp3) is 0.800. The van der Waals surface area contributed by atoms with Crippen molar-refractivity contribution in [3.63, 3.8) is 0 Å². The number of rotatable bonds is 4. The second-order valence-electron chi connectivity index (χ2n) is 1.99. The SMILES string of the molecule is N[C@H](C(=O)O)C(CO)CO. The number of carboxylic acid groups (broad SMARTS) is 1. The van der Waals surface area contributed by atoms with Crippen molar-refractivity contribution in [3.8, 4) is 0 Å². The highest BCUT2D eigenvalue weighted by Crippen LogP contribution is 1.98. The van der Waals surface area contributed by atoms with Crippen LogP contribution in [0.15, 0.2) is 0 Å². The zero-order valence-corrected chi connectivity index (χ0v) is 5.40. The van der Waals surface area contributed by atoms with Gasteiger partial charge in [-0.3, -0.25) is 4.79 Å². The molecule has 60 valence electrons. The van der Waals surface area contributed by atoms with Gasteiger partial charge in [-0.05, 0) is 0 Å². The van der Waals surface area contributed by atoms with Crippen molar-refractivity contribution < 1.29 is 20.1 Å². The van der Waals surface area contributed by atoms with Gasteiger partial charge in [0.15, 0.2) is 0 Å². The number of carbonyl (C=O) groups is 1. The summed E-state index contributed by atoms with van der Waals surface area (Å²) in [6.07, 6.45) is 0. The van der Waals surface area contributed by atoms with E-state index in [4.69, 9.17) is 21.1 Å². The minimum atomic E-state index is -1.21. The van der Waals surface area contributed by atoms with E-state index in [2.05, 4.69) is 0 Å². The standard InChI is InChI=1S/C5H11NO4/c6-4(5(9)10)3(1-7)2-8/h3-4,7-8H,1-2,6H2,(H,9,10)/t4-/m0/s1. The number of aliphatic carboxylic acids is 1. The predicted molar refractivity (Wildman–Crippen MR) is 33.3 cm³/mol. The maximum Gasteiger partial charge on any atom is 0.320 e. The first-order chi connectivity index (χ1) is 4.63. The molecule has 5 heteroatoms. The van der Waals surface area contributed by atoms with E-state index in [1.807, 2.05) is 0 Å². The molecule has 0 aliphatic carbocycles. The topological polar surface area (TPSA) is 104 Å². The molecule has 0 saturated carbocycles. The van der Waals surface area contributed by atoms with Crippen molar-refractivity contribution in [3.05, 3.63) is 0 Å². The molecule has 0 radical (unpaired) electrons. The summed E-state index contributed by atoms with van der Waals surface area (Å²) in [5.74, 6) is -1.98. The van der Waals surface area contributed by atoms with E-state index in [0.29, 0.717) is 0 Å². The lowest BCUT2D eigenvalue weighted by molar-refractivity contribution is -0.140. The third kappa shape index (κ3) is 2.30. The van der Waals surface area contributed by atoms with Crippen LogP contribution in [-0.4, -0.2) is 40.5 Å². The summed E-state index contributed by atoms with van der Waals surface area (Å²) in [5, 5.41) is 25.2. The van der Waals surface area contributed by atoms with Crippen LogP contribution in [0.3, 0.4) is 0 Å². The highest BCUT2D eigenvalue weighted by Gasteiger charge is 2.22. The van der Waals surface area contributed by atoms with Crippen LogP contribution in [0.2, 0.25) is 0 Å². The van der Waals surface area contributed by atoms with Gasteiger partial charge in [-0.2, -0.15) is 0 Å². The van der Waals surface area contributed by atoms with Crippen LogP contribution in [0.5, 0.6) is 0 Å². The first-order valence-corrected chi connectivity index (χ1v) is 2.83. The summed E-state index contributed by atoms with van der Waals surface area (Å²) in [7, 11) is 0. The van der Waals surface area contributed by atoms with Crippen LogP contribution in [0.4, 0.5) is 0 Å². The molecule has 0 saturated heterocycles. The molecule has 0 rings (SSSR count). The molecule has 5 N–H and O–H groups in total. The van der Waals surface area contributed by atoms with E-state index in [0.717, 1.165) is 0 Å². The van der Waals surface area contributed by atoms with Crippen molar-refractivity contribution in [1.82, 2.24) is 0 Å². The van der Waals surface area contributed by atoms with Crippen molar-refractivity contribution in [1.29, 1.82) is 0 Å². The lowest BCUT2D eigenvalue weighted by Gasteiger charge is -2.14. The van der Waals surface area contributed by atoms with Gasteiger partial charge in [0, 0.05) is 5.92 Å². The van der Waals surface area contributed by atoms with Gasteiger partial charge < -0.3 is 21.1 Å². The molecule has 0 aliphatic heterocycles. The Labute approximate surface area is 58.1 Å². The summed E-state index contributed by atoms with van der Waals surface area (Å²) < 4.78 is 0. The summed E-state index contributed by atoms with van der Waals surface area (Å²) >= 11 is 0. The van der Waals surface area contributed by atoms with Gasteiger partial charge in [0.2, 0.25) is 0 Å². The average molecular weight is 149 g/mol. The van der Waals surface area contributed by atoms with Crippen molar-refractivity contribution in [2.24, 2.45) is 11.7 Å². The minimum absolute atomic E-state index is 0.413. The molecular weight excluding hydrogens is 138 g/mol. The molecule has 0 bridgehead atoms. The lowest BCUT2D eigenvalue weighted by atomic mass is 10.0. The Morgan fingerprint density at radius 3 is 1.90 bits per heavy atom. The Morgan fingerprint density at radius 1 is 1.40 bits per heavy atom. The summed E-state index contributed by atoms with van der Waals surface area (Å²) in [4.78, 5) is 10.1. The Bertz CT molecular complexity index is 112. The largest absolute Gasteiger partial charge is 0.480 e. The predicted octanol–water partition coefficient (Wildman–Crippen LogP) is -2.00. The molecule has 1 atom stereocenters. The highest BCUT2D eigenvalue weighted by molar-refractivity contribution is 5.73. The van der Waals surface area contributed by atoms with E-state index in [-0.39, 0.29) is 0 Å². The molecular formula is C5H11NO4. The smallest absolute Gasteiger partial charge is 0.320 e. The third-order valence-electron chi connectivity index (χ3n) is 1.26. The van der Waals surface area contributed by atoms with Gasteiger partial charge in [0.1, 0.15) is 6.04 Å². The van der Waals surface area contributed by atoms with Gasteiger partial charge in [-0.15, -0.1) is 0 Å². The van der Waals surface area contributed by atoms with Crippen molar-refractivity contribution >= 4 is 5.97 Å². The summed E-state index contributed by atoms with van der Waals surface area (Å²) in [5.41, 5.74) is 5.06. The van der Waals surface area contributed by atoms with Gasteiger partial charge in [0.25, 0.3) is 0 Å². The van der Waals surface area contributed by atoms with E-state index < -0.39 is 31.1 Å². The molecule has 0 aromatic rings. The Morgan fingerprint density at radius 2 is 1.80 bits per heavy atom. The average Bonchev–Trinajstić information content (AvgIpc) is 1.90. The quantitative estimate of drug-likeness (QED) is 0.370. The highest BCUT2D eigenvalue weighted by atomic mass is 16.4. The maximum atomic E-state index is 10.1. The number of hydrogen-bond acceptors (Lipinski definition) is 4. The van der Waals surface area contributed by atoms with Gasteiger partial charge >= 0.3 is 5.97 Å². The number of carboxylic acids is 1.